The van der Waals surface area contributed by atoms with E-state index >= 15 is 0 Å². The average Bonchev–Trinajstić information content (AvgIpc) is 2.27. The molecule has 0 amide bonds. The van der Waals surface area contributed by atoms with Gasteiger partial charge in [-0.05, 0) is 30.5 Å². The summed E-state index contributed by atoms with van der Waals surface area (Å²) in [5.41, 5.74) is 0.0240. The van der Waals surface area contributed by atoms with Gasteiger partial charge in [-0.2, -0.15) is 0 Å². The molecule has 1 aromatic carbocycles. The van der Waals surface area contributed by atoms with Crippen LogP contribution >= 0.6 is 0 Å². The average molecular weight is 238 g/mol. The molecule has 17 heavy (non-hydrogen) atoms. The van der Waals surface area contributed by atoms with Gasteiger partial charge in [0.25, 0.3) is 0 Å². The second-order valence-corrected chi connectivity index (χ2v) is 4.28. The number of ether oxygens (including phenoxy) is 2. The van der Waals surface area contributed by atoms with Crippen molar-refractivity contribution in [3.05, 3.63) is 29.6 Å². The molecule has 0 aliphatic heterocycles. The Labute approximate surface area is 99.5 Å². The predicted molar refractivity (Wildman–Crippen MR) is 60.5 cm³/mol. The molecule has 0 heterocycles. The van der Waals surface area contributed by atoms with E-state index in [0.717, 1.165) is 6.42 Å². The fourth-order valence-electron chi connectivity index (χ4n) is 2.30. The maximum absolute atomic E-state index is 13.6. The van der Waals surface area contributed by atoms with Crippen LogP contribution in [0.5, 0.6) is 5.75 Å². The molecule has 1 saturated carbocycles. The van der Waals surface area contributed by atoms with Crippen LogP contribution in [0.15, 0.2) is 18.2 Å². The molecule has 0 aromatic heterocycles. The monoisotopic (exact) mass is 238 g/mol. The summed E-state index contributed by atoms with van der Waals surface area (Å²) in [5, 5.41) is 0. The third-order valence-corrected chi connectivity index (χ3v) is 3.49. The van der Waals surface area contributed by atoms with Gasteiger partial charge in [-0.15, -0.1) is 0 Å². The van der Waals surface area contributed by atoms with Crippen LogP contribution in [0.2, 0.25) is 0 Å². The zero-order valence-corrected chi connectivity index (χ0v) is 9.96. The van der Waals surface area contributed by atoms with Gasteiger partial charge in [0.05, 0.1) is 19.6 Å². The molecule has 92 valence electrons. The van der Waals surface area contributed by atoms with E-state index in [1.807, 2.05) is 0 Å². The maximum Gasteiger partial charge on any atom is 0.316 e. The molecule has 3 nitrogen and oxygen atoms in total. The highest BCUT2D eigenvalue weighted by atomic mass is 19.1. The quantitative estimate of drug-likeness (QED) is 0.759. The molecule has 1 fully saturated rings. The van der Waals surface area contributed by atoms with Gasteiger partial charge in [0.15, 0.2) is 11.6 Å². The van der Waals surface area contributed by atoms with Crippen LogP contribution in [0.4, 0.5) is 4.39 Å². The van der Waals surface area contributed by atoms with Crippen LogP contribution in [-0.2, 0) is 14.9 Å². The standard InChI is InChI=1S/C13H15FO3/c1-16-11-5-4-9(8-10(11)14)13(6-3-7-13)12(15)17-2/h4-5,8H,3,6-7H2,1-2H3. The lowest BCUT2D eigenvalue weighted by Gasteiger charge is -2.39. The van der Waals surface area contributed by atoms with E-state index in [9.17, 15) is 9.18 Å². The first kappa shape index (κ1) is 11.9. The van der Waals surface area contributed by atoms with Crippen LogP contribution in [0.1, 0.15) is 24.8 Å². The number of hydrogen-bond acceptors (Lipinski definition) is 3. The van der Waals surface area contributed by atoms with Crippen LogP contribution in [0, 0.1) is 5.82 Å². The Hall–Kier alpha value is -1.58. The lowest BCUT2D eigenvalue weighted by atomic mass is 9.64. The number of esters is 1. The Balaban J connectivity index is 2.38. The Morgan fingerprint density at radius 3 is 2.47 bits per heavy atom. The molecule has 0 spiro atoms. The lowest BCUT2D eigenvalue weighted by Crippen LogP contribution is -2.43. The molecule has 0 radical (unpaired) electrons. The van der Waals surface area contributed by atoms with E-state index in [-0.39, 0.29) is 11.7 Å². The van der Waals surface area contributed by atoms with Crippen LogP contribution in [-0.4, -0.2) is 20.2 Å². The van der Waals surface area contributed by atoms with E-state index in [2.05, 4.69) is 0 Å². The van der Waals surface area contributed by atoms with Gasteiger partial charge in [0.1, 0.15) is 0 Å². The van der Waals surface area contributed by atoms with Crippen molar-refractivity contribution in [3.8, 4) is 5.75 Å². The Kier molecular flexibility index (Phi) is 3.05. The number of methoxy groups -OCH3 is 2. The lowest BCUT2D eigenvalue weighted by molar-refractivity contribution is -0.151. The van der Waals surface area contributed by atoms with Crippen molar-refractivity contribution in [1.29, 1.82) is 0 Å². The van der Waals surface area contributed by atoms with E-state index in [1.54, 1.807) is 12.1 Å². The Morgan fingerprint density at radius 1 is 1.35 bits per heavy atom. The second kappa shape index (κ2) is 4.35. The third-order valence-electron chi connectivity index (χ3n) is 3.49. The minimum atomic E-state index is -0.651. The van der Waals surface area contributed by atoms with Gasteiger partial charge >= 0.3 is 5.97 Å². The van der Waals surface area contributed by atoms with Crippen LogP contribution < -0.4 is 4.74 Å². The highest BCUT2D eigenvalue weighted by molar-refractivity contribution is 5.84. The summed E-state index contributed by atoms with van der Waals surface area (Å²) in [6, 6.07) is 4.65. The molecule has 0 unspecified atom stereocenters. The molecule has 2 rings (SSSR count). The zero-order valence-electron chi connectivity index (χ0n) is 9.96. The maximum atomic E-state index is 13.6. The number of carbonyl (C=O) groups excluding carboxylic acids is 1. The van der Waals surface area contributed by atoms with Gasteiger partial charge in [-0.1, -0.05) is 12.5 Å². The summed E-state index contributed by atoms with van der Waals surface area (Å²) in [4.78, 5) is 11.8. The van der Waals surface area contributed by atoms with Crippen molar-refractivity contribution in [3.63, 3.8) is 0 Å². The fourth-order valence-corrected chi connectivity index (χ4v) is 2.30. The minimum Gasteiger partial charge on any atom is -0.494 e. The second-order valence-electron chi connectivity index (χ2n) is 4.28. The van der Waals surface area contributed by atoms with Crippen LogP contribution in [0.3, 0.4) is 0 Å². The largest absolute Gasteiger partial charge is 0.494 e. The van der Waals surface area contributed by atoms with Crippen LogP contribution in [0.25, 0.3) is 0 Å². The first-order valence-corrected chi connectivity index (χ1v) is 5.56. The van der Waals surface area contributed by atoms with Gasteiger partial charge in [0.2, 0.25) is 0 Å². The number of rotatable bonds is 3. The van der Waals surface area contributed by atoms with Crippen molar-refractivity contribution < 1.29 is 18.7 Å². The topological polar surface area (TPSA) is 35.5 Å². The summed E-state index contributed by atoms with van der Waals surface area (Å²) in [6.45, 7) is 0. The molecule has 1 aromatic rings. The summed E-state index contributed by atoms with van der Waals surface area (Å²) in [7, 11) is 2.78. The van der Waals surface area contributed by atoms with E-state index < -0.39 is 11.2 Å². The summed E-state index contributed by atoms with van der Waals surface area (Å²) in [6.07, 6.45) is 2.39. The third kappa shape index (κ3) is 1.77. The SMILES string of the molecule is COC(=O)C1(c2ccc(OC)c(F)c2)CCC1. The first-order chi connectivity index (χ1) is 8.14. The molecule has 0 atom stereocenters. The van der Waals surface area contributed by atoms with Crippen molar-refractivity contribution in [2.24, 2.45) is 0 Å². The van der Waals surface area contributed by atoms with Gasteiger partial charge < -0.3 is 9.47 Å². The number of hydrogen-bond donors (Lipinski definition) is 0. The molecule has 0 saturated heterocycles. The van der Waals surface area contributed by atoms with Crippen molar-refractivity contribution in [1.82, 2.24) is 0 Å². The predicted octanol–water partition coefficient (Wildman–Crippen LogP) is 2.43. The van der Waals surface area contributed by atoms with Gasteiger partial charge in [-0.3, -0.25) is 4.79 Å². The molecule has 1 aliphatic rings. The van der Waals surface area contributed by atoms with Crippen molar-refractivity contribution >= 4 is 5.97 Å². The van der Waals surface area contributed by atoms with Crippen molar-refractivity contribution in [2.45, 2.75) is 24.7 Å². The van der Waals surface area contributed by atoms with E-state index in [1.165, 1.54) is 20.3 Å². The molecule has 4 heteroatoms. The van der Waals surface area contributed by atoms with Gasteiger partial charge in [0, 0.05) is 0 Å². The molecule has 0 bridgehead atoms. The molecule has 0 N–H and O–H groups in total. The Morgan fingerprint density at radius 2 is 2.06 bits per heavy atom. The number of halogens is 1. The van der Waals surface area contributed by atoms with Crippen molar-refractivity contribution in [2.75, 3.05) is 14.2 Å². The Bertz CT molecular complexity index is 438. The van der Waals surface area contributed by atoms with E-state index in [4.69, 9.17) is 9.47 Å². The molecule has 1 aliphatic carbocycles. The summed E-state index contributed by atoms with van der Waals surface area (Å²) >= 11 is 0. The fraction of sp³-hybridized carbons (Fsp3) is 0.462. The van der Waals surface area contributed by atoms with E-state index in [0.29, 0.717) is 18.4 Å². The summed E-state index contributed by atoms with van der Waals surface area (Å²) < 4.78 is 23.3. The summed E-state index contributed by atoms with van der Waals surface area (Å²) in [5.74, 6) is -0.540. The highest BCUT2D eigenvalue weighted by Crippen LogP contribution is 2.45. The molecular weight excluding hydrogens is 223 g/mol. The van der Waals surface area contributed by atoms with Gasteiger partial charge in [-0.25, -0.2) is 4.39 Å². The molecular formula is C13H15FO3. The number of benzene rings is 1. The highest BCUT2D eigenvalue weighted by Gasteiger charge is 2.47. The zero-order chi connectivity index (χ0) is 12.5. The number of carbonyl (C=O) groups is 1. The first-order valence-electron chi connectivity index (χ1n) is 5.56. The normalized spacial score (nSPS) is 17.1. The minimum absolute atomic E-state index is 0.188. The smallest absolute Gasteiger partial charge is 0.316 e.